The quantitative estimate of drug-likeness (QED) is 0.171. The number of hydrogen-bond donors (Lipinski definition) is 0. The van der Waals surface area contributed by atoms with Crippen LogP contribution in [0.4, 0.5) is 0 Å². The summed E-state index contributed by atoms with van der Waals surface area (Å²) in [6, 6.07) is 71.7. The van der Waals surface area contributed by atoms with Gasteiger partial charge in [0, 0.05) is 38.0 Å². The van der Waals surface area contributed by atoms with E-state index in [9.17, 15) is 0 Å². The van der Waals surface area contributed by atoms with E-state index in [1.54, 1.807) is 0 Å². The van der Waals surface area contributed by atoms with Crippen molar-refractivity contribution in [2.24, 2.45) is 0 Å². The van der Waals surface area contributed by atoms with Crippen LogP contribution in [0.5, 0.6) is 0 Å². The second-order valence-corrected chi connectivity index (χ2v) is 14.5. The molecule has 250 valence electrons. The van der Waals surface area contributed by atoms with Crippen molar-refractivity contribution in [2.75, 3.05) is 0 Å². The summed E-state index contributed by atoms with van der Waals surface area (Å²) >= 11 is 0. The second-order valence-electron chi connectivity index (χ2n) is 14.5. The van der Waals surface area contributed by atoms with Gasteiger partial charge in [-0.3, -0.25) is 0 Å². The maximum atomic E-state index is 2.51. The number of aromatic nitrogens is 2. The lowest BCUT2D eigenvalue weighted by Crippen LogP contribution is -1.93. The Morgan fingerprint density at radius 2 is 0.704 bits per heavy atom. The average molecular weight is 685 g/mol. The van der Waals surface area contributed by atoms with Gasteiger partial charge in [0.25, 0.3) is 0 Å². The predicted octanol–water partition coefficient (Wildman–Crippen LogP) is 14.2. The van der Waals surface area contributed by atoms with E-state index in [1.807, 2.05) is 0 Å². The summed E-state index contributed by atoms with van der Waals surface area (Å²) in [6.07, 6.45) is 0. The van der Waals surface area contributed by atoms with E-state index >= 15 is 0 Å². The van der Waals surface area contributed by atoms with Crippen LogP contribution in [0.25, 0.3) is 109 Å². The van der Waals surface area contributed by atoms with E-state index in [2.05, 4.69) is 203 Å². The Morgan fingerprint density at radius 1 is 0.259 bits per heavy atom. The van der Waals surface area contributed by atoms with Crippen molar-refractivity contribution < 1.29 is 0 Å². The van der Waals surface area contributed by atoms with Gasteiger partial charge < -0.3 is 8.97 Å². The Labute approximate surface area is 311 Å². The van der Waals surface area contributed by atoms with Gasteiger partial charge in [-0.2, -0.15) is 0 Å². The molecular weight excluding hydrogens is 653 g/mol. The van der Waals surface area contributed by atoms with Crippen LogP contribution < -0.4 is 0 Å². The molecule has 12 rings (SSSR count). The molecule has 12 aromatic rings. The molecule has 0 radical (unpaired) electrons. The Morgan fingerprint density at radius 3 is 1.41 bits per heavy atom. The molecule has 0 aliphatic rings. The molecule has 0 spiro atoms. The first-order chi connectivity index (χ1) is 26.8. The van der Waals surface area contributed by atoms with Crippen molar-refractivity contribution >= 4 is 92.2 Å². The lowest BCUT2D eigenvalue weighted by Gasteiger charge is -2.10. The summed E-state index contributed by atoms with van der Waals surface area (Å²) in [5.74, 6) is 0. The molecule has 3 heterocycles. The van der Waals surface area contributed by atoms with Crippen LogP contribution in [0.1, 0.15) is 0 Å². The lowest BCUT2D eigenvalue weighted by molar-refractivity contribution is 1.19. The summed E-state index contributed by atoms with van der Waals surface area (Å²) in [5.41, 5.74) is 9.67. The number of nitrogens with zero attached hydrogens (tertiary/aromatic N) is 2. The zero-order chi connectivity index (χ0) is 35.3. The molecule has 0 saturated carbocycles. The van der Waals surface area contributed by atoms with Gasteiger partial charge in [0.1, 0.15) is 0 Å². The highest BCUT2D eigenvalue weighted by Crippen LogP contribution is 2.41. The predicted molar refractivity (Wildman–Crippen MR) is 231 cm³/mol. The smallest absolute Gasteiger partial charge is 0.0619 e. The molecular formula is C52H32N2. The fourth-order valence-corrected chi connectivity index (χ4v) is 9.26. The average Bonchev–Trinajstić information content (AvgIpc) is 3.76. The fraction of sp³-hybridized carbons (Fsp3) is 0. The summed E-state index contributed by atoms with van der Waals surface area (Å²) < 4.78 is 4.93. The molecule has 0 aliphatic heterocycles. The van der Waals surface area contributed by atoms with Crippen molar-refractivity contribution in [1.82, 2.24) is 8.97 Å². The van der Waals surface area contributed by atoms with Gasteiger partial charge in [0.05, 0.1) is 27.6 Å². The van der Waals surface area contributed by atoms with Crippen LogP contribution in [0.2, 0.25) is 0 Å². The highest BCUT2D eigenvalue weighted by atomic mass is 15.0. The minimum absolute atomic E-state index is 1.18. The molecule has 9 aromatic carbocycles. The largest absolute Gasteiger partial charge is 0.309 e. The van der Waals surface area contributed by atoms with E-state index in [1.165, 1.54) is 109 Å². The molecule has 54 heavy (non-hydrogen) atoms. The van der Waals surface area contributed by atoms with Gasteiger partial charge in [-0.25, -0.2) is 0 Å². The Kier molecular flexibility index (Phi) is 6.09. The SMILES string of the molecule is c1ccc2cc(-n3c4ccccc4c4cc(-c5ccc6c(c5)c5cccc7c8ccccc8c8ccccc8c8ccccc8n6c75)ccc43)ccc2c1. The van der Waals surface area contributed by atoms with E-state index < -0.39 is 0 Å². The van der Waals surface area contributed by atoms with Gasteiger partial charge in [-0.05, 0) is 92.0 Å². The molecule has 0 unspecified atom stereocenters. The summed E-state index contributed by atoms with van der Waals surface area (Å²) in [4.78, 5) is 0. The molecule has 3 aromatic heterocycles. The Bertz CT molecular complexity index is 3560. The van der Waals surface area contributed by atoms with Crippen LogP contribution in [0.15, 0.2) is 194 Å². The number of para-hydroxylation sites is 3. The van der Waals surface area contributed by atoms with Gasteiger partial charge in [-0.1, -0.05) is 146 Å². The van der Waals surface area contributed by atoms with Gasteiger partial charge in [-0.15, -0.1) is 0 Å². The highest BCUT2D eigenvalue weighted by Gasteiger charge is 2.17. The van der Waals surface area contributed by atoms with Crippen LogP contribution in [0, 0.1) is 0 Å². The zero-order valence-corrected chi connectivity index (χ0v) is 29.4. The molecule has 0 atom stereocenters. The maximum Gasteiger partial charge on any atom is 0.0619 e. The fourth-order valence-electron chi connectivity index (χ4n) is 9.26. The van der Waals surface area contributed by atoms with Crippen molar-refractivity contribution in [1.29, 1.82) is 0 Å². The van der Waals surface area contributed by atoms with Gasteiger partial charge in [0.15, 0.2) is 0 Å². The van der Waals surface area contributed by atoms with Crippen LogP contribution >= 0.6 is 0 Å². The lowest BCUT2D eigenvalue weighted by atomic mass is 9.99. The first-order valence-corrected chi connectivity index (χ1v) is 18.7. The first-order valence-electron chi connectivity index (χ1n) is 18.7. The van der Waals surface area contributed by atoms with Gasteiger partial charge in [0.2, 0.25) is 0 Å². The third-order valence-corrected chi connectivity index (χ3v) is 11.7. The monoisotopic (exact) mass is 684 g/mol. The van der Waals surface area contributed by atoms with Crippen LogP contribution in [-0.2, 0) is 0 Å². The normalized spacial score (nSPS) is 12.1. The van der Waals surface area contributed by atoms with E-state index in [-0.39, 0.29) is 0 Å². The third kappa shape index (κ3) is 4.11. The van der Waals surface area contributed by atoms with Gasteiger partial charge >= 0.3 is 0 Å². The molecule has 0 aliphatic carbocycles. The molecule has 2 nitrogen and oxygen atoms in total. The highest BCUT2D eigenvalue weighted by molar-refractivity contribution is 6.25. The molecule has 2 heteroatoms. The summed E-state index contributed by atoms with van der Waals surface area (Å²) in [5, 5.41) is 15.0. The molecule has 0 amide bonds. The topological polar surface area (TPSA) is 9.34 Å². The number of hydrogen-bond acceptors (Lipinski definition) is 0. The minimum Gasteiger partial charge on any atom is -0.309 e. The van der Waals surface area contributed by atoms with Crippen molar-refractivity contribution in [3.05, 3.63) is 194 Å². The molecule has 0 fully saturated rings. The number of rotatable bonds is 2. The van der Waals surface area contributed by atoms with Crippen LogP contribution in [-0.4, -0.2) is 8.97 Å². The maximum absolute atomic E-state index is 2.51. The number of benzene rings is 9. The second kappa shape index (κ2) is 11.2. The van der Waals surface area contributed by atoms with E-state index in [4.69, 9.17) is 0 Å². The number of fused-ring (bicyclic) bond motifs is 14. The first kappa shape index (κ1) is 29.4. The van der Waals surface area contributed by atoms with E-state index in [0.29, 0.717) is 0 Å². The Hall–Kier alpha value is -7.16. The molecule has 0 saturated heterocycles. The van der Waals surface area contributed by atoms with Crippen molar-refractivity contribution in [3.8, 4) is 16.8 Å². The molecule has 0 bridgehead atoms. The molecule has 0 N–H and O–H groups in total. The van der Waals surface area contributed by atoms with Crippen molar-refractivity contribution in [3.63, 3.8) is 0 Å². The standard InChI is InChI=1S/C52H32N2/c1-2-13-34-30-37(27-24-33(34)12-1)53-48-22-9-8-19-43(48)46-31-35(25-28-50(46)53)36-26-29-51-47(32-36)45-21-11-20-44-41-17-6-4-15-39(41)38-14-3-5-16-40(38)42-18-7-10-23-49(42)54(51)52(44)45/h1-32H. The summed E-state index contributed by atoms with van der Waals surface area (Å²) in [6.45, 7) is 0. The minimum atomic E-state index is 1.18. The van der Waals surface area contributed by atoms with Crippen LogP contribution in [0.3, 0.4) is 0 Å². The Balaban J connectivity index is 1.15. The van der Waals surface area contributed by atoms with E-state index in [0.717, 1.165) is 0 Å². The summed E-state index contributed by atoms with van der Waals surface area (Å²) in [7, 11) is 0. The van der Waals surface area contributed by atoms with Crippen molar-refractivity contribution in [2.45, 2.75) is 0 Å². The third-order valence-electron chi connectivity index (χ3n) is 11.7. The zero-order valence-electron chi connectivity index (χ0n) is 29.4.